The summed E-state index contributed by atoms with van der Waals surface area (Å²) in [5, 5.41) is 14.9. The maximum Gasteiger partial charge on any atom is 0.333 e. The average molecular weight is 228 g/mol. The van der Waals surface area contributed by atoms with Gasteiger partial charge in [0.15, 0.2) is 0 Å². The molecule has 1 atom stereocenters. The lowest BCUT2D eigenvalue weighted by molar-refractivity contribution is -0.384. The standard InChI is InChI=1S/C9H16N4O3/c1-4-7(5-16-3)12-9(10)8(13(14)15)6(2)11-12/h7H,4-5,10H2,1-3H3. The lowest BCUT2D eigenvalue weighted by Crippen LogP contribution is -2.17. The van der Waals surface area contributed by atoms with Crippen molar-refractivity contribution < 1.29 is 9.66 Å². The first-order valence-corrected chi connectivity index (χ1v) is 5.00. The maximum atomic E-state index is 10.8. The molecule has 1 aromatic rings. The average Bonchev–Trinajstić information content (AvgIpc) is 2.50. The number of anilines is 1. The maximum absolute atomic E-state index is 10.8. The van der Waals surface area contributed by atoms with Crippen molar-refractivity contribution in [2.24, 2.45) is 0 Å². The molecule has 0 fully saturated rings. The normalized spacial score (nSPS) is 12.7. The van der Waals surface area contributed by atoms with Crippen LogP contribution in [-0.4, -0.2) is 28.4 Å². The largest absolute Gasteiger partial charge is 0.382 e. The molecular formula is C9H16N4O3. The van der Waals surface area contributed by atoms with E-state index < -0.39 is 4.92 Å². The van der Waals surface area contributed by atoms with Crippen LogP contribution in [0.4, 0.5) is 11.5 Å². The second kappa shape index (κ2) is 4.93. The highest BCUT2D eigenvalue weighted by Gasteiger charge is 2.25. The summed E-state index contributed by atoms with van der Waals surface area (Å²) in [7, 11) is 1.57. The summed E-state index contributed by atoms with van der Waals surface area (Å²) >= 11 is 0. The molecule has 1 unspecified atom stereocenters. The number of rotatable bonds is 5. The van der Waals surface area contributed by atoms with Crippen LogP contribution in [0.2, 0.25) is 0 Å². The Morgan fingerprint density at radius 1 is 1.69 bits per heavy atom. The van der Waals surface area contributed by atoms with E-state index in [0.717, 1.165) is 6.42 Å². The minimum Gasteiger partial charge on any atom is -0.382 e. The van der Waals surface area contributed by atoms with Gasteiger partial charge in [0, 0.05) is 7.11 Å². The van der Waals surface area contributed by atoms with Crippen molar-refractivity contribution >= 4 is 11.5 Å². The summed E-state index contributed by atoms with van der Waals surface area (Å²) in [5.41, 5.74) is 5.93. The molecule has 7 nitrogen and oxygen atoms in total. The Hall–Kier alpha value is -1.63. The molecule has 0 aliphatic carbocycles. The molecule has 0 aliphatic rings. The van der Waals surface area contributed by atoms with Crippen molar-refractivity contribution in [3.05, 3.63) is 15.8 Å². The minimum absolute atomic E-state index is 0.0719. The van der Waals surface area contributed by atoms with E-state index in [1.165, 1.54) is 4.68 Å². The van der Waals surface area contributed by atoms with E-state index >= 15 is 0 Å². The molecule has 2 N–H and O–H groups in total. The van der Waals surface area contributed by atoms with E-state index in [2.05, 4.69) is 5.10 Å². The fraction of sp³-hybridized carbons (Fsp3) is 0.667. The number of nitro groups is 1. The molecule has 0 saturated heterocycles. The van der Waals surface area contributed by atoms with Crippen LogP contribution < -0.4 is 5.73 Å². The number of aromatic nitrogens is 2. The Morgan fingerprint density at radius 2 is 2.31 bits per heavy atom. The Morgan fingerprint density at radius 3 is 2.69 bits per heavy atom. The fourth-order valence-corrected chi connectivity index (χ4v) is 1.61. The molecule has 0 bridgehead atoms. The van der Waals surface area contributed by atoms with Crippen LogP contribution in [0.1, 0.15) is 25.1 Å². The molecule has 0 spiro atoms. The van der Waals surface area contributed by atoms with E-state index in [9.17, 15) is 10.1 Å². The molecule has 0 amide bonds. The summed E-state index contributed by atoms with van der Waals surface area (Å²) in [6.45, 7) is 3.95. The van der Waals surface area contributed by atoms with E-state index in [4.69, 9.17) is 10.5 Å². The van der Waals surface area contributed by atoms with E-state index in [0.29, 0.717) is 12.3 Å². The van der Waals surface area contributed by atoms with Gasteiger partial charge < -0.3 is 10.5 Å². The van der Waals surface area contributed by atoms with Gasteiger partial charge in [0.25, 0.3) is 0 Å². The highest BCUT2D eigenvalue weighted by molar-refractivity contribution is 5.56. The van der Waals surface area contributed by atoms with Crippen molar-refractivity contribution in [2.75, 3.05) is 19.5 Å². The lowest BCUT2D eigenvalue weighted by Gasteiger charge is -2.15. The summed E-state index contributed by atoms with van der Waals surface area (Å²) in [5.74, 6) is 0.0893. The summed E-state index contributed by atoms with van der Waals surface area (Å²) < 4.78 is 6.50. The lowest BCUT2D eigenvalue weighted by atomic mass is 10.2. The van der Waals surface area contributed by atoms with Crippen molar-refractivity contribution in [1.82, 2.24) is 9.78 Å². The third-order valence-electron chi connectivity index (χ3n) is 2.45. The van der Waals surface area contributed by atoms with E-state index in [1.54, 1.807) is 14.0 Å². The van der Waals surface area contributed by atoms with Crippen LogP contribution in [-0.2, 0) is 4.74 Å². The predicted octanol–water partition coefficient (Wildman–Crippen LogP) is 1.28. The topological polar surface area (TPSA) is 96.2 Å². The number of nitrogens with zero attached hydrogens (tertiary/aromatic N) is 3. The number of aryl methyl sites for hydroxylation is 1. The van der Waals surface area contributed by atoms with Gasteiger partial charge in [-0.2, -0.15) is 5.10 Å². The first-order chi connectivity index (χ1) is 7.52. The monoisotopic (exact) mass is 228 g/mol. The predicted molar refractivity (Wildman–Crippen MR) is 59.2 cm³/mol. The van der Waals surface area contributed by atoms with Gasteiger partial charge in [-0.1, -0.05) is 6.92 Å². The van der Waals surface area contributed by atoms with Crippen molar-refractivity contribution in [2.45, 2.75) is 26.3 Å². The number of nitrogen functional groups attached to an aromatic ring is 1. The van der Waals surface area contributed by atoms with E-state index in [-0.39, 0.29) is 17.5 Å². The van der Waals surface area contributed by atoms with Gasteiger partial charge in [0.2, 0.25) is 5.82 Å². The second-order valence-electron chi connectivity index (χ2n) is 3.54. The molecule has 0 radical (unpaired) electrons. The van der Waals surface area contributed by atoms with Crippen LogP contribution in [0.25, 0.3) is 0 Å². The Labute approximate surface area is 93.3 Å². The first kappa shape index (κ1) is 12.4. The molecule has 0 saturated carbocycles. The van der Waals surface area contributed by atoms with Crippen LogP contribution >= 0.6 is 0 Å². The molecule has 0 aliphatic heterocycles. The third kappa shape index (κ3) is 2.13. The molecule has 1 rings (SSSR count). The molecule has 7 heteroatoms. The zero-order chi connectivity index (χ0) is 12.3. The molecule has 1 aromatic heterocycles. The number of hydrogen-bond acceptors (Lipinski definition) is 5. The smallest absolute Gasteiger partial charge is 0.333 e. The van der Waals surface area contributed by atoms with Gasteiger partial charge >= 0.3 is 5.69 Å². The SMILES string of the molecule is CCC(COC)n1nc(C)c([N+](=O)[O-])c1N. The zero-order valence-electron chi connectivity index (χ0n) is 9.64. The van der Waals surface area contributed by atoms with Crippen molar-refractivity contribution in [1.29, 1.82) is 0 Å². The van der Waals surface area contributed by atoms with Gasteiger partial charge in [-0.15, -0.1) is 0 Å². The second-order valence-corrected chi connectivity index (χ2v) is 3.54. The Balaban J connectivity index is 3.14. The highest BCUT2D eigenvalue weighted by atomic mass is 16.6. The van der Waals surface area contributed by atoms with Crippen LogP contribution in [0.3, 0.4) is 0 Å². The fourth-order valence-electron chi connectivity index (χ4n) is 1.61. The zero-order valence-corrected chi connectivity index (χ0v) is 9.64. The quantitative estimate of drug-likeness (QED) is 0.604. The van der Waals surface area contributed by atoms with Crippen LogP contribution in [0, 0.1) is 17.0 Å². The van der Waals surface area contributed by atoms with Crippen molar-refractivity contribution in [3.8, 4) is 0 Å². The number of hydrogen-bond donors (Lipinski definition) is 1. The van der Waals surface area contributed by atoms with Gasteiger partial charge in [0.05, 0.1) is 17.6 Å². The van der Waals surface area contributed by atoms with Gasteiger partial charge in [-0.05, 0) is 13.3 Å². The summed E-state index contributed by atoms with van der Waals surface area (Å²) in [6.07, 6.45) is 0.746. The van der Waals surface area contributed by atoms with Gasteiger partial charge in [-0.3, -0.25) is 10.1 Å². The Bertz CT molecular complexity index is 388. The molecule has 16 heavy (non-hydrogen) atoms. The molecular weight excluding hydrogens is 212 g/mol. The van der Waals surface area contributed by atoms with Crippen LogP contribution in [0.5, 0.6) is 0 Å². The third-order valence-corrected chi connectivity index (χ3v) is 2.45. The van der Waals surface area contributed by atoms with Crippen LogP contribution in [0.15, 0.2) is 0 Å². The number of ether oxygens (including phenoxy) is 1. The van der Waals surface area contributed by atoms with E-state index in [1.807, 2.05) is 6.92 Å². The van der Waals surface area contributed by atoms with Gasteiger partial charge in [-0.25, -0.2) is 4.68 Å². The first-order valence-electron chi connectivity index (χ1n) is 5.00. The summed E-state index contributed by atoms with van der Waals surface area (Å²) in [4.78, 5) is 10.3. The number of nitrogens with two attached hydrogens (primary N) is 1. The van der Waals surface area contributed by atoms with Gasteiger partial charge in [0.1, 0.15) is 5.69 Å². The molecule has 1 heterocycles. The van der Waals surface area contributed by atoms with Crippen molar-refractivity contribution in [3.63, 3.8) is 0 Å². The number of methoxy groups -OCH3 is 1. The highest BCUT2D eigenvalue weighted by Crippen LogP contribution is 2.28. The summed E-state index contributed by atoms with van der Waals surface area (Å²) in [6, 6.07) is -0.0719. The molecule has 90 valence electrons. The molecule has 0 aromatic carbocycles. The Kier molecular flexibility index (Phi) is 3.83. The minimum atomic E-state index is -0.506.